The van der Waals surface area contributed by atoms with E-state index in [0.717, 1.165) is 16.8 Å². The van der Waals surface area contributed by atoms with E-state index in [0.29, 0.717) is 16.5 Å². The zero-order valence-electron chi connectivity index (χ0n) is 14.2. The molecule has 0 saturated carbocycles. The van der Waals surface area contributed by atoms with E-state index in [9.17, 15) is 4.79 Å². The predicted octanol–water partition coefficient (Wildman–Crippen LogP) is 4.95. The minimum Gasteiger partial charge on any atom is -0.309 e. The van der Waals surface area contributed by atoms with Crippen molar-refractivity contribution >= 4 is 29.0 Å². The number of anilines is 1. The molecule has 0 radical (unpaired) electrons. The molecule has 124 valence electrons. The van der Waals surface area contributed by atoms with Crippen LogP contribution in [0.15, 0.2) is 42.6 Å². The molecule has 0 atom stereocenters. The molecule has 2 heterocycles. The lowest BCUT2D eigenvalue weighted by molar-refractivity contribution is -0.123. The van der Waals surface area contributed by atoms with Gasteiger partial charge in [0.15, 0.2) is 0 Å². The number of carbonyl (C=O) groups is 1. The van der Waals surface area contributed by atoms with Crippen molar-refractivity contribution in [1.29, 1.82) is 0 Å². The molecule has 5 heteroatoms. The number of aryl methyl sites for hydroxylation is 1. The van der Waals surface area contributed by atoms with Gasteiger partial charge in [-0.3, -0.25) is 9.20 Å². The van der Waals surface area contributed by atoms with Crippen molar-refractivity contribution in [3.8, 4) is 11.3 Å². The molecule has 0 aliphatic carbocycles. The smallest absolute Gasteiger partial charge is 0.230 e. The highest BCUT2D eigenvalue weighted by molar-refractivity contribution is 6.30. The van der Waals surface area contributed by atoms with Gasteiger partial charge in [-0.2, -0.15) is 0 Å². The standard InChI is InChI=1S/C19H20ClN3O/c1-12-8-9-23-15(10-12)21-16(13-6-5-7-14(20)11-13)17(23)22-18(24)19(2,3)4/h5-11H,1-4H3,(H,22,24). The van der Waals surface area contributed by atoms with E-state index in [4.69, 9.17) is 16.6 Å². The van der Waals surface area contributed by atoms with Crippen molar-refractivity contribution < 1.29 is 4.79 Å². The first kappa shape index (κ1) is 16.5. The second-order valence-electron chi connectivity index (χ2n) is 6.96. The maximum Gasteiger partial charge on any atom is 0.230 e. The normalized spacial score (nSPS) is 11.7. The van der Waals surface area contributed by atoms with E-state index in [-0.39, 0.29) is 5.91 Å². The van der Waals surface area contributed by atoms with E-state index in [2.05, 4.69) is 5.32 Å². The number of pyridine rings is 1. The number of fused-ring (bicyclic) bond motifs is 1. The van der Waals surface area contributed by atoms with Crippen molar-refractivity contribution in [2.75, 3.05) is 5.32 Å². The summed E-state index contributed by atoms with van der Waals surface area (Å²) < 4.78 is 1.90. The molecule has 0 aliphatic heterocycles. The molecule has 0 fully saturated rings. The Morgan fingerprint density at radius 2 is 1.96 bits per heavy atom. The summed E-state index contributed by atoms with van der Waals surface area (Å²) in [4.78, 5) is 17.2. The summed E-state index contributed by atoms with van der Waals surface area (Å²) in [5.74, 6) is 0.598. The van der Waals surface area contributed by atoms with Gasteiger partial charge in [0, 0.05) is 22.2 Å². The summed E-state index contributed by atoms with van der Waals surface area (Å²) >= 11 is 6.13. The highest BCUT2D eigenvalue weighted by atomic mass is 35.5. The number of imidazole rings is 1. The highest BCUT2D eigenvalue weighted by Gasteiger charge is 2.24. The van der Waals surface area contributed by atoms with Crippen molar-refractivity contribution in [2.45, 2.75) is 27.7 Å². The summed E-state index contributed by atoms with van der Waals surface area (Å²) in [6.07, 6.45) is 1.92. The Balaban J connectivity index is 2.20. The first-order valence-corrected chi connectivity index (χ1v) is 8.19. The number of benzene rings is 1. The first-order chi connectivity index (χ1) is 11.3. The number of nitrogens with one attached hydrogen (secondary N) is 1. The van der Waals surface area contributed by atoms with Gasteiger partial charge in [0.1, 0.15) is 17.2 Å². The van der Waals surface area contributed by atoms with E-state index in [1.165, 1.54) is 0 Å². The average Bonchev–Trinajstić information content (AvgIpc) is 2.84. The second-order valence-corrected chi connectivity index (χ2v) is 7.39. The maximum atomic E-state index is 12.5. The minimum atomic E-state index is -0.500. The third-order valence-electron chi connectivity index (χ3n) is 3.79. The summed E-state index contributed by atoms with van der Waals surface area (Å²) in [6.45, 7) is 7.67. The van der Waals surface area contributed by atoms with Gasteiger partial charge in [-0.15, -0.1) is 0 Å². The lowest BCUT2D eigenvalue weighted by atomic mass is 9.95. The van der Waals surface area contributed by atoms with Crippen molar-refractivity contribution in [1.82, 2.24) is 9.38 Å². The molecule has 0 aliphatic rings. The Kier molecular flexibility index (Phi) is 4.10. The van der Waals surface area contributed by atoms with E-state index in [1.807, 2.05) is 74.7 Å². The van der Waals surface area contributed by atoms with Crippen molar-refractivity contribution in [3.05, 3.63) is 53.2 Å². The topological polar surface area (TPSA) is 46.4 Å². The van der Waals surface area contributed by atoms with Crippen LogP contribution in [-0.2, 0) is 4.79 Å². The summed E-state index contributed by atoms with van der Waals surface area (Å²) in [5, 5.41) is 3.66. The van der Waals surface area contributed by atoms with Crippen LogP contribution < -0.4 is 5.32 Å². The van der Waals surface area contributed by atoms with Crippen LogP contribution in [0.4, 0.5) is 5.82 Å². The van der Waals surface area contributed by atoms with Crippen molar-refractivity contribution in [3.63, 3.8) is 0 Å². The number of hydrogen-bond donors (Lipinski definition) is 1. The average molecular weight is 342 g/mol. The Hall–Kier alpha value is -2.33. The molecule has 0 bridgehead atoms. The van der Waals surface area contributed by atoms with Gasteiger partial charge in [0.05, 0.1) is 0 Å². The fourth-order valence-electron chi connectivity index (χ4n) is 2.40. The summed E-state index contributed by atoms with van der Waals surface area (Å²) in [6, 6.07) is 11.5. The maximum absolute atomic E-state index is 12.5. The second kappa shape index (κ2) is 5.95. The van der Waals surface area contributed by atoms with Crippen LogP contribution in [0.2, 0.25) is 5.02 Å². The summed E-state index contributed by atoms with van der Waals surface area (Å²) in [5.41, 5.74) is 2.97. The molecular formula is C19H20ClN3O. The quantitative estimate of drug-likeness (QED) is 0.717. The predicted molar refractivity (Wildman–Crippen MR) is 98.5 cm³/mol. The number of hydrogen-bond acceptors (Lipinski definition) is 2. The Labute approximate surface area is 146 Å². The third-order valence-corrected chi connectivity index (χ3v) is 4.03. The number of halogens is 1. The van der Waals surface area contributed by atoms with E-state index >= 15 is 0 Å². The molecule has 1 N–H and O–H groups in total. The van der Waals surface area contributed by atoms with Crippen LogP contribution in [-0.4, -0.2) is 15.3 Å². The first-order valence-electron chi connectivity index (χ1n) is 7.82. The van der Waals surface area contributed by atoms with Gasteiger partial charge >= 0.3 is 0 Å². The summed E-state index contributed by atoms with van der Waals surface area (Å²) in [7, 11) is 0. The minimum absolute atomic E-state index is 0.0619. The van der Waals surface area contributed by atoms with Gasteiger partial charge in [-0.05, 0) is 36.8 Å². The van der Waals surface area contributed by atoms with Crippen LogP contribution in [0.5, 0.6) is 0 Å². The van der Waals surface area contributed by atoms with Gasteiger partial charge < -0.3 is 5.32 Å². The van der Waals surface area contributed by atoms with Gasteiger partial charge in [0.25, 0.3) is 0 Å². The molecule has 1 amide bonds. The van der Waals surface area contributed by atoms with E-state index < -0.39 is 5.41 Å². The fourth-order valence-corrected chi connectivity index (χ4v) is 2.59. The molecule has 0 spiro atoms. The molecule has 3 rings (SSSR count). The Morgan fingerprint density at radius 3 is 2.62 bits per heavy atom. The molecule has 24 heavy (non-hydrogen) atoms. The number of carbonyl (C=O) groups excluding carboxylic acids is 1. The van der Waals surface area contributed by atoms with Crippen LogP contribution in [0.3, 0.4) is 0 Å². The van der Waals surface area contributed by atoms with Gasteiger partial charge in [-0.25, -0.2) is 4.98 Å². The van der Waals surface area contributed by atoms with E-state index in [1.54, 1.807) is 0 Å². The SMILES string of the molecule is Cc1ccn2c(NC(=O)C(C)(C)C)c(-c3cccc(Cl)c3)nc2c1. The number of nitrogens with zero attached hydrogens (tertiary/aromatic N) is 2. The fraction of sp³-hybridized carbons (Fsp3) is 0.263. The zero-order chi connectivity index (χ0) is 17.5. The number of amides is 1. The molecule has 0 saturated heterocycles. The Bertz CT molecular complexity index is 922. The Morgan fingerprint density at radius 1 is 1.21 bits per heavy atom. The van der Waals surface area contributed by atoms with Crippen LogP contribution in [0.25, 0.3) is 16.9 Å². The monoisotopic (exact) mass is 341 g/mol. The molecule has 2 aromatic heterocycles. The lowest BCUT2D eigenvalue weighted by Crippen LogP contribution is -2.28. The largest absolute Gasteiger partial charge is 0.309 e. The molecule has 3 aromatic rings. The zero-order valence-corrected chi connectivity index (χ0v) is 15.0. The molecular weight excluding hydrogens is 322 g/mol. The van der Waals surface area contributed by atoms with Crippen LogP contribution >= 0.6 is 11.6 Å². The van der Waals surface area contributed by atoms with Gasteiger partial charge in [-0.1, -0.05) is 44.5 Å². The van der Waals surface area contributed by atoms with Crippen LogP contribution in [0, 0.1) is 12.3 Å². The van der Waals surface area contributed by atoms with Gasteiger partial charge in [0.2, 0.25) is 5.91 Å². The number of aromatic nitrogens is 2. The molecule has 4 nitrogen and oxygen atoms in total. The number of rotatable bonds is 2. The van der Waals surface area contributed by atoms with Crippen molar-refractivity contribution in [2.24, 2.45) is 5.41 Å². The third kappa shape index (κ3) is 3.15. The van der Waals surface area contributed by atoms with Crippen LogP contribution in [0.1, 0.15) is 26.3 Å². The lowest BCUT2D eigenvalue weighted by Gasteiger charge is -2.18. The highest BCUT2D eigenvalue weighted by Crippen LogP contribution is 2.31. The molecule has 1 aromatic carbocycles. The molecule has 0 unspecified atom stereocenters.